The largest absolute Gasteiger partial charge is 0.495 e. The van der Waals surface area contributed by atoms with E-state index in [1.807, 2.05) is 30.3 Å². The monoisotopic (exact) mass is 309 g/mol. The summed E-state index contributed by atoms with van der Waals surface area (Å²) >= 11 is 5.13. The van der Waals surface area contributed by atoms with Crippen molar-refractivity contribution in [3.05, 3.63) is 46.9 Å². The SMILES string of the molecule is COc1cc(Sc2cccc(Br)c2)ccc1N. The Morgan fingerprint density at radius 3 is 2.59 bits per heavy atom. The molecule has 0 fully saturated rings. The van der Waals surface area contributed by atoms with Crippen LogP contribution in [-0.2, 0) is 0 Å². The second-order valence-electron chi connectivity index (χ2n) is 3.46. The number of hydrogen-bond acceptors (Lipinski definition) is 3. The first-order valence-electron chi connectivity index (χ1n) is 5.06. The Balaban J connectivity index is 2.24. The molecule has 0 aliphatic carbocycles. The van der Waals surface area contributed by atoms with Gasteiger partial charge in [-0.05, 0) is 36.4 Å². The summed E-state index contributed by atoms with van der Waals surface area (Å²) in [4.78, 5) is 2.28. The van der Waals surface area contributed by atoms with E-state index in [1.54, 1.807) is 18.9 Å². The first-order valence-corrected chi connectivity index (χ1v) is 6.67. The fourth-order valence-corrected chi connectivity index (χ4v) is 2.88. The number of nitrogen functional groups attached to an aromatic ring is 1. The lowest BCUT2D eigenvalue weighted by atomic mass is 10.3. The van der Waals surface area contributed by atoms with E-state index in [0.717, 1.165) is 9.37 Å². The molecule has 0 radical (unpaired) electrons. The van der Waals surface area contributed by atoms with Crippen LogP contribution in [0.5, 0.6) is 5.75 Å². The summed E-state index contributed by atoms with van der Waals surface area (Å²) in [5.74, 6) is 0.713. The maximum absolute atomic E-state index is 5.78. The molecule has 2 aromatic carbocycles. The molecule has 4 heteroatoms. The summed E-state index contributed by atoms with van der Waals surface area (Å²) in [7, 11) is 1.62. The van der Waals surface area contributed by atoms with Crippen LogP contribution in [-0.4, -0.2) is 7.11 Å². The molecular formula is C13H12BrNOS. The van der Waals surface area contributed by atoms with Crippen molar-refractivity contribution >= 4 is 33.4 Å². The molecule has 2 nitrogen and oxygen atoms in total. The van der Waals surface area contributed by atoms with Gasteiger partial charge in [0, 0.05) is 14.3 Å². The van der Waals surface area contributed by atoms with Gasteiger partial charge in [-0.1, -0.05) is 33.8 Å². The van der Waals surface area contributed by atoms with Crippen LogP contribution in [0.1, 0.15) is 0 Å². The van der Waals surface area contributed by atoms with Crippen molar-refractivity contribution in [3.8, 4) is 5.75 Å². The van der Waals surface area contributed by atoms with Gasteiger partial charge in [0.2, 0.25) is 0 Å². The Morgan fingerprint density at radius 2 is 1.88 bits per heavy atom. The van der Waals surface area contributed by atoms with Crippen molar-refractivity contribution in [1.29, 1.82) is 0 Å². The van der Waals surface area contributed by atoms with Crippen molar-refractivity contribution in [3.63, 3.8) is 0 Å². The van der Waals surface area contributed by atoms with E-state index < -0.39 is 0 Å². The third-order valence-electron chi connectivity index (χ3n) is 2.24. The van der Waals surface area contributed by atoms with Crippen molar-refractivity contribution in [2.24, 2.45) is 0 Å². The van der Waals surface area contributed by atoms with Crippen LogP contribution in [0.25, 0.3) is 0 Å². The third-order valence-corrected chi connectivity index (χ3v) is 3.71. The molecule has 0 aliphatic rings. The van der Waals surface area contributed by atoms with Gasteiger partial charge in [-0.25, -0.2) is 0 Å². The Labute approximate surface area is 113 Å². The summed E-state index contributed by atoms with van der Waals surface area (Å²) in [6.45, 7) is 0. The number of nitrogens with two attached hydrogens (primary N) is 1. The highest BCUT2D eigenvalue weighted by Crippen LogP contribution is 2.33. The summed E-state index contributed by atoms with van der Waals surface area (Å²) in [6, 6.07) is 14.0. The minimum atomic E-state index is 0.658. The van der Waals surface area contributed by atoms with Crippen LogP contribution >= 0.6 is 27.7 Å². The molecule has 0 atom stereocenters. The fourth-order valence-electron chi connectivity index (χ4n) is 1.42. The maximum Gasteiger partial charge on any atom is 0.142 e. The first-order chi connectivity index (χ1) is 8.19. The molecule has 0 aliphatic heterocycles. The first kappa shape index (κ1) is 12.3. The lowest BCUT2D eigenvalue weighted by molar-refractivity contribution is 0.416. The summed E-state index contributed by atoms with van der Waals surface area (Å²) in [5.41, 5.74) is 6.43. The Bertz CT molecular complexity index is 531. The second-order valence-corrected chi connectivity index (χ2v) is 5.53. The van der Waals surface area contributed by atoms with E-state index in [-0.39, 0.29) is 0 Å². The van der Waals surface area contributed by atoms with E-state index >= 15 is 0 Å². The zero-order valence-electron chi connectivity index (χ0n) is 9.31. The smallest absolute Gasteiger partial charge is 0.142 e. The minimum Gasteiger partial charge on any atom is -0.495 e. The van der Waals surface area contributed by atoms with Crippen LogP contribution < -0.4 is 10.5 Å². The van der Waals surface area contributed by atoms with Gasteiger partial charge in [-0.2, -0.15) is 0 Å². The number of anilines is 1. The lowest BCUT2D eigenvalue weighted by Crippen LogP contribution is -1.91. The number of rotatable bonds is 3. The molecule has 2 N–H and O–H groups in total. The fraction of sp³-hybridized carbons (Fsp3) is 0.0769. The van der Waals surface area contributed by atoms with E-state index in [1.165, 1.54) is 4.90 Å². The minimum absolute atomic E-state index is 0.658. The average Bonchev–Trinajstić information content (AvgIpc) is 2.32. The highest BCUT2D eigenvalue weighted by atomic mass is 79.9. The van der Waals surface area contributed by atoms with Gasteiger partial charge in [-0.3, -0.25) is 0 Å². The van der Waals surface area contributed by atoms with Crippen LogP contribution in [0.15, 0.2) is 56.7 Å². The normalized spacial score (nSPS) is 10.2. The van der Waals surface area contributed by atoms with Crippen LogP contribution in [0, 0.1) is 0 Å². The van der Waals surface area contributed by atoms with Gasteiger partial charge in [0.25, 0.3) is 0 Å². The van der Waals surface area contributed by atoms with Crippen LogP contribution in [0.2, 0.25) is 0 Å². The third kappa shape index (κ3) is 3.17. The van der Waals surface area contributed by atoms with Crippen molar-refractivity contribution < 1.29 is 4.74 Å². The molecule has 0 saturated heterocycles. The highest BCUT2D eigenvalue weighted by Gasteiger charge is 2.03. The van der Waals surface area contributed by atoms with E-state index in [0.29, 0.717) is 11.4 Å². The van der Waals surface area contributed by atoms with Gasteiger partial charge in [0.1, 0.15) is 5.75 Å². The molecular weight excluding hydrogens is 298 g/mol. The van der Waals surface area contributed by atoms with Crippen molar-refractivity contribution in [1.82, 2.24) is 0 Å². The topological polar surface area (TPSA) is 35.2 Å². The molecule has 17 heavy (non-hydrogen) atoms. The lowest BCUT2D eigenvalue weighted by Gasteiger charge is -2.07. The predicted octanol–water partition coefficient (Wildman–Crippen LogP) is 4.19. The maximum atomic E-state index is 5.78. The molecule has 0 saturated carbocycles. The molecule has 0 spiro atoms. The van der Waals surface area contributed by atoms with Crippen LogP contribution in [0.3, 0.4) is 0 Å². The van der Waals surface area contributed by atoms with Crippen LogP contribution in [0.4, 0.5) is 5.69 Å². The summed E-state index contributed by atoms with van der Waals surface area (Å²) < 4.78 is 6.27. The predicted molar refractivity (Wildman–Crippen MR) is 75.7 cm³/mol. The standard InChI is InChI=1S/C13H12BrNOS/c1-16-13-8-11(5-6-12(13)15)17-10-4-2-3-9(14)7-10/h2-8H,15H2,1H3. The molecule has 0 aromatic heterocycles. The van der Waals surface area contributed by atoms with E-state index in [9.17, 15) is 0 Å². The van der Waals surface area contributed by atoms with E-state index in [2.05, 4.69) is 28.1 Å². The Kier molecular flexibility index (Phi) is 3.97. The van der Waals surface area contributed by atoms with Gasteiger partial charge < -0.3 is 10.5 Å². The number of ether oxygens (including phenoxy) is 1. The molecule has 2 rings (SSSR count). The van der Waals surface area contributed by atoms with E-state index in [4.69, 9.17) is 10.5 Å². The molecule has 0 bridgehead atoms. The van der Waals surface area contributed by atoms with Crippen molar-refractivity contribution in [2.75, 3.05) is 12.8 Å². The van der Waals surface area contributed by atoms with Crippen molar-refractivity contribution in [2.45, 2.75) is 9.79 Å². The van der Waals surface area contributed by atoms with Gasteiger partial charge in [-0.15, -0.1) is 0 Å². The Hall–Kier alpha value is -1.13. The molecule has 88 valence electrons. The number of benzene rings is 2. The number of halogens is 1. The van der Waals surface area contributed by atoms with Gasteiger partial charge in [0.05, 0.1) is 12.8 Å². The molecule has 0 heterocycles. The van der Waals surface area contributed by atoms with Gasteiger partial charge in [0.15, 0.2) is 0 Å². The zero-order valence-corrected chi connectivity index (χ0v) is 11.7. The van der Waals surface area contributed by atoms with Gasteiger partial charge >= 0.3 is 0 Å². The quantitative estimate of drug-likeness (QED) is 0.863. The highest BCUT2D eigenvalue weighted by molar-refractivity contribution is 9.10. The number of hydrogen-bond donors (Lipinski definition) is 1. The molecule has 0 unspecified atom stereocenters. The molecule has 2 aromatic rings. The Morgan fingerprint density at radius 1 is 1.12 bits per heavy atom. The second kappa shape index (κ2) is 5.47. The zero-order chi connectivity index (χ0) is 12.3. The molecule has 0 amide bonds. The summed E-state index contributed by atoms with van der Waals surface area (Å²) in [6.07, 6.45) is 0. The summed E-state index contributed by atoms with van der Waals surface area (Å²) in [5, 5.41) is 0. The average molecular weight is 310 g/mol. The number of methoxy groups -OCH3 is 1.